The number of hydrogen-bond acceptors (Lipinski definition) is 3. The Labute approximate surface area is 119 Å². The molecule has 2 rings (SSSR count). The third-order valence-electron chi connectivity index (χ3n) is 4.01. The molecule has 1 amide bonds. The fourth-order valence-electron chi connectivity index (χ4n) is 2.76. The number of aromatic nitrogens is 1. The first kappa shape index (κ1) is 14.8. The van der Waals surface area contributed by atoms with Crippen LogP contribution >= 0.6 is 0 Å². The van der Waals surface area contributed by atoms with Crippen LogP contribution in [0.3, 0.4) is 0 Å². The topological polar surface area (TPSA) is 54.3 Å². The van der Waals surface area contributed by atoms with Gasteiger partial charge in [0.2, 0.25) is 0 Å². The van der Waals surface area contributed by atoms with Crippen molar-refractivity contribution in [3.63, 3.8) is 0 Å². The van der Waals surface area contributed by atoms with Crippen LogP contribution < -0.4 is 10.9 Å². The molecule has 0 aliphatic carbocycles. The van der Waals surface area contributed by atoms with Gasteiger partial charge >= 0.3 is 0 Å². The summed E-state index contributed by atoms with van der Waals surface area (Å²) in [5, 5.41) is 3.46. The van der Waals surface area contributed by atoms with Crippen LogP contribution in [0.4, 0.5) is 0 Å². The van der Waals surface area contributed by atoms with Gasteiger partial charge in [-0.2, -0.15) is 0 Å². The van der Waals surface area contributed by atoms with E-state index in [1.54, 1.807) is 19.3 Å². The fraction of sp³-hybridized carbons (Fsp3) is 0.600. The molecular weight excluding hydrogens is 254 g/mol. The number of nitrogens with one attached hydrogen (secondary N) is 1. The van der Waals surface area contributed by atoms with E-state index in [-0.39, 0.29) is 11.5 Å². The summed E-state index contributed by atoms with van der Waals surface area (Å²) in [6.07, 6.45) is 2.61. The molecule has 1 aromatic heterocycles. The van der Waals surface area contributed by atoms with Gasteiger partial charge < -0.3 is 14.8 Å². The summed E-state index contributed by atoms with van der Waals surface area (Å²) in [4.78, 5) is 25.9. The lowest BCUT2D eigenvalue weighted by molar-refractivity contribution is 0.0646. The summed E-state index contributed by atoms with van der Waals surface area (Å²) in [6.45, 7) is 6.71. The minimum absolute atomic E-state index is 0.0375. The van der Waals surface area contributed by atoms with E-state index in [0.29, 0.717) is 17.5 Å². The van der Waals surface area contributed by atoms with Gasteiger partial charge in [0.1, 0.15) is 0 Å². The van der Waals surface area contributed by atoms with Gasteiger partial charge in [0, 0.05) is 44.0 Å². The number of likely N-dealkylation sites (tertiary alicyclic amines) is 1. The zero-order valence-corrected chi connectivity index (χ0v) is 12.4. The lowest BCUT2D eigenvalue weighted by Gasteiger charge is -2.37. The molecule has 2 unspecified atom stereocenters. The van der Waals surface area contributed by atoms with Gasteiger partial charge in [-0.05, 0) is 24.9 Å². The Morgan fingerprint density at radius 2 is 2.25 bits per heavy atom. The van der Waals surface area contributed by atoms with Crippen molar-refractivity contribution in [2.75, 3.05) is 19.6 Å². The monoisotopic (exact) mass is 277 g/mol. The fourth-order valence-corrected chi connectivity index (χ4v) is 2.76. The number of carbonyl (C=O) groups is 1. The predicted molar refractivity (Wildman–Crippen MR) is 78.8 cm³/mol. The van der Waals surface area contributed by atoms with E-state index >= 15 is 0 Å². The van der Waals surface area contributed by atoms with Gasteiger partial charge in [-0.3, -0.25) is 9.59 Å². The van der Waals surface area contributed by atoms with E-state index in [4.69, 9.17) is 0 Å². The normalized spacial score (nSPS) is 22.9. The number of amides is 1. The standard InChI is InChI=1S/C15H23N3O2/c1-4-16-13-6-8-18(10-11(13)2)15(20)12-5-7-17(3)14(19)9-12/h5,7,9,11,13,16H,4,6,8,10H2,1-3H3. The first-order valence-corrected chi connectivity index (χ1v) is 7.22. The van der Waals surface area contributed by atoms with E-state index in [0.717, 1.165) is 26.1 Å². The van der Waals surface area contributed by atoms with E-state index in [9.17, 15) is 9.59 Å². The molecule has 0 radical (unpaired) electrons. The van der Waals surface area contributed by atoms with Gasteiger partial charge in [0.05, 0.1) is 0 Å². The summed E-state index contributed by atoms with van der Waals surface area (Å²) in [5.41, 5.74) is 0.341. The molecule has 2 heterocycles. The zero-order chi connectivity index (χ0) is 14.7. The molecule has 1 N–H and O–H groups in total. The van der Waals surface area contributed by atoms with E-state index < -0.39 is 0 Å². The van der Waals surface area contributed by atoms with Crippen LogP contribution in [0.25, 0.3) is 0 Å². The van der Waals surface area contributed by atoms with Gasteiger partial charge in [0.25, 0.3) is 11.5 Å². The second-order valence-electron chi connectivity index (χ2n) is 5.55. The van der Waals surface area contributed by atoms with Crippen LogP contribution in [0.5, 0.6) is 0 Å². The van der Waals surface area contributed by atoms with Crippen molar-refractivity contribution < 1.29 is 4.79 Å². The lowest BCUT2D eigenvalue weighted by Crippen LogP contribution is -2.50. The third kappa shape index (κ3) is 3.10. The zero-order valence-electron chi connectivity index (χ0n) is 12.4. The summed E-state index contributed by atoms with van der Waals surface area (Å²) in [7, 11) is 1.68. The summed E-state index contributed by atoms with van der Waals surface area (Å²) in [6, 6.07) is 3.61. The Kier molecular flexibility index (Phi) is 4.60. The van der Waals surface area contributed by atoms with Crippen molar-refractivity contribution in [1.29, 1.82) is 0 Å². The Hall–Kier alpha value is -1.62. The van der Waals surface area contributed by atoms with Crippen molar-refractivity contribution in [2.24, 2.45) is 13.0 Å². The van der Waals surface area contributed by atoms with Crippen LogP contribution in [-0.2, 0) is 7.05 Å². The van der Waals surface area contributed by atoms with Crippen LogP contribution in [0.2, 0.25) is 0 Å². The van der Waals surface area contributed by atoms with Crippen LogP contribution in [0.1, 0.15) is 30.6 Å². The van der Waals surface area contributed by atoms with Gasteiger partial charge in [0.15, 0.2) is 0 Å². The first-order valence-electron chi connectivity index (χ1n) is 7.22. The highest BCUT2D eigenvalue weighted by Gasteiger charge is 2.28. The van der Waals surface area contributed by atoms with Crippen molar-refractivity contribution in [1.82, 2.24) is 14.8 Å². The van der Waals surface area contributed by atoms with Crippen molar-refractivity contribution in [2.45, 2.75) is 26.3 Å². The maximum atomic E-state index is 12.4. The second-order valence-corrected chi connectivity index (χ2v) is 5.55. The molecule has 5 nitrogen and oxygen atoms in total. The molecule has 0 bridgehead atoms. The van der Waals surface area contributed by atoms with Gasteiger partial charge in [-0.25, -0.2) is 0 Å². The van der Waals surface area contributed by atoms with Crippen molar-refractivity contribution in [3.05, 3.63) is 34.2 Å². The van der Waals surface area contributed by atoms with Gasteiger partial charge in [-0.1, -0.05) is 13.8 Å². The Bertz CT molecular complexity index is 538. The molecule has 20 heavy (non-hydrogen) atoms. The SMILES string of the molecule is CCNC1CCN(C(=O)c2ccn(C)c(=O)c2)CC1C. The smallest absolute Gasteiger partial charge is 0.254 e. The number of carbonyl (C=O) groups excluding carboxylic acids is 1. The number of piperidine rings is 1. The first-order chi connectivity index (χ1) is 9.52. The molecule has 0 aromatic carbocycles. The summed E-state index contributed by atoms with van der Waals surface area (Å²) >= 11 is 0. The molecule has 110 valence electrons. The molecular formula is C15H23N3O2. The molecule has 1 aromatic rings. The number of nitrogens with zero attached hydrogens (tertiary/aromatic N) is 2. The Balaban J connectivity index is 2.07. The number of aryl methyl sites for hydroxylation is 1. The molecule has 2 atom stereocenters. The Morgan fingerprint density at radius 1 is 1.50 bits per heavy atom. The molecule has 1 aliphatic rings. The van der Waals surface area contributed by atoms with Crippen LogP contribution in [-0.4, -0.2) is 41.1 Å². The number of hydrogen-bond donors (Lipinski definition) is 1. The lowest BCUT2D eigenvalue weighted by atomic mass is 9.93. The van der Waals surface area contributed by atoms with Crippen LogP contribution in [0, 0.1) is 5.92 Å². The van der Waals surface area contributed by atoms with E-state index in [1.807, 2.05) is 4.90 Å². The molecule has 1 fully saturated rings. The quantitative estimate of drug-likeness (QED) is 0.891. The minimum atomic E-state index is -0.147. The van der Waals surface area contributed by atoms with Gasteiger partial charge in [-0.15, -0.1) is 0 Å². The molecule has 0 saturated carbocycles. The molecule has 1 aliphatic heterocycles. The van der Waals surface area contributed by atoms with Crippen LogP contribution in [0.15, 0.2) is 23.1 Å². The maximum absolute atomic E-state index is 12.4. The maximum Gasteiger partial charge on any atom is 0.254 e. The second kappa shape index (κ2) is 6.22. The predicted octanol–water partition coefficient (Wildman–Crippen LogP) is 0.845. The van der Waals surface area contributed by atoms with E-state index in [1.165, 1.54) is 10.6 Å². The highest BCUT2D eigenvalue weighted by molar-refractivity contribution is 5.94. The molecule has 1 saturated heterocycles. The Morgan fingerprint density at radius 3 is 2.85 bits per heavy atom. The summed E-state index contributed by atoms with van der Waals surface area (Å²) < 4.78 is 1.47. The number of rotatable bonds is 3. The summed E-state index contributed by atoms with van der Waals surface area (Å²) in [5.74, 6) is 0.392. The average Bonchev–Trinajstić information content (AvgIpc) is 2.43. The third-order valence-corrected chi connectivity index (χ3v) is 4.01. The number of pyridine rings is 1. The molecule has 0 spiro atoms. The highest BCUT2D eigenvalue weighted by atomic mass is 16.2. The van der Waals surface area contributed by atoms with Crippen molar-refractivity contribution >= 4 is 5.91 Å². The van der Waals surface area contributed by atoms with Crippen molar-refractivity contribution in [3.8, 4) is 0 Å². The minimum Gasteiger partial charge on any atom is -0.338 e. The highest BCUT2D eigenvalue weighted by Crippen LogP contribution is 2.18. The largest absolute Gasteiger partial charge is 0.338 e. The average molecular weight is 277 g/mol. The molecule has 5 heteroatoms. The van der Waals surface area contributed by atoms with E-state index in [2.05, 4.69) is 19.2 Å².